The van der Waals surface area contributed by atoms with Crippen LogP contribution >= 0.6 is 23.2 Å². The highest BCUT2D eigenvalue weighted by Crippen LogP contribution is 2.36. The summed E-state index contributed by atoms with van der Waals surface area (Å²) in [6.45, 7) is 2.26. The summed E-state index contributed by atoms with van der Waals surface area (Å²) in [7, 11) is 0. The van der Waals surface area contributed by atoms with E-state index in [-0.39, 0.29) is 5.54 Å². The van der Waals surface area contributed by atoms with Crippen molar-refractivity contribution in [1.29, 1.82) is 0 Å². The summed E-state index contributed by atoms with van der Waals surface area (Å²) in [4.78, 5) is 0. The van der Waals surface area contributed by atoms with Gasteiger partial charge in [-0.3, -0.25) is 0 Å². The summed E-state index contributed by atoms with van der Waals surface area (Å²) in [6, 6.07) is 5.73. The standard InChI is InChI=1S/C17H25Cl2N/c1-2-3-4-13-7-9-17(20,10-8-13)12-14-5-6-15(18)11-16(14)19/h5-6,11,13H,2-4,7-10,12,20H2,1H3. The van der Waals surface area contributed by atoms with Crippen molar-refractivity contribution < 1.29 is 0 Å². The van der Waals surface area contributed by atoms with E-state index in [1.54, 1.807) is 0 Å². The Hall–Kier alpha value is -0.240. The lowest BCUT2D eigenvalue weighted by Crippen LogP contribution is -2.45. The molecular formula is C17H25Cl2N. The lowest BCUT2D eigenvalue weighted by molar-refractivity contribution is 0.221. The summed E-state index contributed by atoms with van der Waals surface area (Å²) in [5.41, 5.74) is 7.64. The van der Waals surface area contributed by atoms with Gasteiger partial charge in [0.05, 0.1) is 0 Å². The number of halogens is 2. The van der Waals surface area contributed by atoms with Gasteiger partial charge in [0, 0.05) is 15.6 Å². The average molecular weight is 314 g/mol. The normalized spacial score (nSPS) is 26.7. The van der Waals surface area contributed by atoms with Gasteiger partial charge in [-0.15, -0.1) is 0 Å². The van der Waals surface area contributed by atoms with Gasteiger partial charge < -0.3 is 5.73 Å². The van der Waals surface area contributed by atoms with Crippen LogP contribution in [0.25, 0.3) is 0 Å². The first-order valence-corrected chi connectivity index (χ1v) is 8.51. The molecule has 1 fully saturated rings. The molecule has 0 spiro atoms. The predicted molar refractivity (Wildman–Crippen MR) is 88.6 cm³/mol. The van der Waals surface area contributed by atoms with Crippen LogP contribution in [0, 0.1) is 5.92 Å². The first kappa shape index (κ1) is 16.1. The molecule has 1 saturated carbocycles. The Morgan fingerprint density at radius 1 is 1.25 bits per heavy atom. The van der Waals surface area contributed by atoms with E-state index in [9.17, 15) is 0 Å². The van der Waals surface area contributed by atoms with Crippen LogP contribution in [0.1, 0.15) is 57.4 Å². The molecule has 1 aromatic rings. The van der Waals surface area contributed by atoms with E-state index < -0.39 is 0 Å². The van der Waals surface area contributed by atoms with Crippen molar-refractivity contribution in [2.45, 2.75) is 63.8 Å². The quantitative estimate of drug-likeness (QED) is 0.750. The minimum absolute atomic E-state index is 0.0832. The lowest BCUT2D eigenvalue weighted by atomic mass is 9.73. The van der Waals surface area contributed by atoms with Gasteiger partial charge in [-0.1, -0.05) is 55.5 Å². The summed E-state index contributed by atoms with van der Waals surface area (Å²) in [6.07, 6.45) is 9.64. The molecule has 0 radical (unpaired) electrons. The summed E-state index contributed by atoms with van der Waals surface area (Å²) in [5.74, 6) is 0.882. The smallest absolute Gasteiger partial charge is 0.0453 e. The molecular weight excluding hydrogens is 289 g/mol. The van der Waals surface area contributed by atoms with Gasteiger partial charge in [-0.25, -0.2) is 0 Å². The number of hydrogen-bond acceptors (Lipinski definition) is 1. The third-order valence-electron chi connectivity index (χ3n) is 4.62. The van der Waals surface area contributed by atoms with Crippen molar-refractivity contribution in [1.82, 2.24) is 0 Å². The Morgan fingerprint density at radius 2 is 1.95 bits per heavy atom. The monoisotopic (exact) mass is 313 g/mol. The lowest BCUT2D eigenvalue weighted by Gasteiger charge is -2.37. The van der Waals surface area contributed by atoms with E-state index in [1.165, 1.54) is 32.1 Å². The third kappa shape index (κ3) is 4.38. The van der Waals surface area contributed by atoms with Gasteiger partial charge in [0.2, 0.25) is 0 Å². The largest absolute Gasteiger partial charge is 0.325 e. The molecule has 0 amide bonds. The van der Waals surface area contributed by atoms with Crippen molar-refractivity contribution in [2.75, 3.05) is 0 Å². The number of rotatable bonds is 5. The maximum absolute atomic E-state index is 6.60. The Balaban J connectivity index is 1.93. The molecule has 0 unspecified atom stereocenters. The van der Waals surface area contributed by atoms with Crippen LogP contribution in [0.15, 0.2) is 18.2 Å². The van der Waals surface area contributed by atoms with Crippen molar-refractivity contribution in [3.63, 3.8) is 0 Å². The number of unbranched alkanes of at least 4 members (excludes halogenated alkanes) is 1. The van der Waals surface area contributed by atoms with Crippen LogP contribution < -0.4 is 5.73 Å². The molecule has 1 aliphatic carbocycles. The summed E-state index contributed by atoms with van der Waals surface area (Å²) >= 11 is 12.2. The SMILES string of the molecule is CCCCC1CCC(N)(Cc2ccc(Cl)cc2Cl)CC1. The zero-order chi connectivity index (χ0) is 14.6. The van der Waals surface area contributed by atoms with Crippen LogP contribution in [0.5, 0.6) is 0 Å². The van der Waals surface area contributed by atoms with E-state index in [0.29, 0.717) is 5.02 Å². The minimum atomic E-state index is -0.0832. The molecule has 3 heteroatoms. The second kappa shape index (κ2) is 7.15. The minimum Gasteiger partial charge on any atom is -0.325 e. The molecule has 112 valence electrons. The van der Waals surface area contributed by atoms with E-state index >= 15 is 0 Å². The van der Waals surface area contributed by atoms with Crippen molar-refractivity contribution in [3.8, 4) is 0 Å². The van der Waals surface area contributed by atoms with Crippen molar-refractivity contribution >= 4 is 23.2 Å². The highest BCUT2D eigenvalue weighted by molar-refractivity contribution is 6.35. The van der Waals surface area contributed by atoms with E-state index in [0.717, 1.165) is 35.8 Å². The van der Waals surface area contributed by atoms with E-state index in [2.05, 4.69) is 6.92 Å². The molecule has 2 N–H and O–H groups in total. The van der Waals surface area contributed by atoms with Crippen LogP contribution in [0.4, 0.5) is 0 Å². The second-order valence-corrected chi connectivity index (χ2v) is 7.20. The Kier molecular flexibility index (Phi) is 5.77. The van der Waals surface area contributed by atoms with E-state index in [4.69, 9.17) is 28.9 Å². The Labute approximate surface area is 132 Å². The zero-order valence-corrected chi connectivity index (χ0v) is 13.8. The van der Waals surface area contributed by atoms with Crippen LogP contribution in [0.2, 0.25) is 10.0 Å². The van der Waals surface area contributed by atoms with Crippen LogP contribution in [-0.4, -0.2) is 5.54 Å². The van der Waals surface area contributed by atoms with Gasteiger partial charge in [-0.2, -0.15) is 0 Å². The topological polar surface area (TPSA) is 26.0 Å². The molecule has 0 aliphatic heterocycles. The predicted octanol–water partition coefficient (Wildman–Crippen LogP) is 5.61. The number of nitrogens with two attached hydrogens (primary N) is 1. The first-order valence-electron chi connectivity index (χ1n) is 7.75. The summed E-state index contributed by atoms with van der Waals surface area (Å²) in [5, 5.41) is 1.43. The number of benzene rings is 1. The molecule has 1 aliphatic rings. The molecule has 0 bridgehead atoms. The third-order valence-corrected chi connectivity index (χ3v) is 5.21. The van der Waals surface area contributed by atoms with Gasteiger partial charge in [0.15, 0.2) is 0 Å². The second-order valence-electron chi connectivity index (χ2n) is 6.36. The van der Waals surface area contributed by atoms with Crippen molar-refractivity contribution in [2.24, 2.45) is 11.7 Å². The molecule has 0 aromatic heterocycles. The molecule has 0 saturated heterocycles. The average Bonchev–Trinajstić information content (AvgIpc) is 2.42. The number of hydrogen-bond donors (Lipinski definition) is 1. The van der Waals surface area contributed by atoms with E-state index in [1.807, 2.05) is 18.2 Å². The highest BCUT2D eigenvalue weighted by atomic mass is 35.5. The van der Waals surface area contributed by atoms with Crippen LogP contribution in [0.3, 0.4) is 0 Å². The molecule has 0 heterocycles. The van der Waals surface area contributed by atoms with Gasteiger partial charge in [0.1, 0.15) is 0 Å². The molecule has 1 nitrogen and oxygen atoms in total. The fraction of sp³-hybridized carbons (Fsp3) is 0.647. The fourth-order valence-corrected chi connectivity index (χ4v) is 3.73. The fourth-order valence-electron chi connectivity index (χ4n) is 3.26. The Bertz CT molecular complexity index is 437. The van der Waals surface area contributed by atoms with Gasteiger partial charge >= 0.3 is 0 Å². The van der Waals surface area contributed by atoms with Gasteiger partial charge in [-0.05, 0) is 55.7 Å². The molecule has 1 aromatic carbocycles. The molecule has 2 rings (SSSR count). The Morgan fingerprint density at radius 3 is 2.55 bits per heavy atom. The maximum atomic E-state index is 6.60. The highest BCUT2D eigenvalue weighted by Gasteiger charge is 2.32. The first-order chi connectivity index (χ1) is 9.52. The summed E-state index contributed by atoms with van der Waals surface area (Å²) < 4.78 is 0. The van der Waals surface area contributed by atoms with Crippen molar-refractivity contribution in [3.05, 3.63) is 33.8 Å². The molecule has 20 heavy (non-hydrogen) atoms. The maximum Gasteiger partial charge on any atom is 0.0453 e. The van der Waals surface area contributed by atoms with Gasteiger partial charge in [0.25, 0.3) is 0 Å². The molecule has 0 atom stereocenters. The zero-order valence-electron chi connectivity index (χ0n) is 12.3. The van der Waals surface area contributed by atoms with Crippen LogP contribution in [-0.2, 0) is 6.42 Å².